The van der Waals surface area contributed by atoms with Crippen LogP contribution in [0.15, 0.2) is 48.5 Å². The van der Waals surface area contributed by atoms with Gasteiger partial charge >= 0.3 is 6.09 Å². The minimum absolute atomic E-state index is 0.0472. The molecule has 0 spiro atoms. The van der Waals surface area contributed by atoms with Gasteiger partial charge in [0, 0.05) is 36.4 Å². The van der Waals surface area contributed by atoms with Crippen LogP contribution in [0.1, 0.15) is 66.3 Å². The number of nitrogens with zero attached hydrogens (tertiary/aromatic N) is 1. The largest absolute Gasteiger partial charge is 0.444 e. The molecule has 0 unspecified atom stereocenters. The van der Waals surface area contributed by atoms with E-state index in [1.807, 2.05) is 29.2 Å². The first kappa shape index (κ1) is 23.3. The normalized spacial score (nSPS) is 13.9. The van der Waals surface area contributed by atoms with Crippen molar-refractivity contribution >= 4 is 23.6 Å². The maximum atomic E-state index is 12.7. The molecule has 1 saturated heterocycles. The van der Waals surface area contributed by atoms with Gasteiger partial charge in [-0.1, -0.05) is 12.1 Å². The highest BCUT2D eigenvalue weighted by molar-refractivity contribution is 5.96. The van der Waals surface area contributed by atoms with Crippen molar-refractivity contribution < 1.29 is 19.1 Å². The van der Waals surface area contributed by atoms with E-state index in [4.69, 9.17) is 4.74 Å². The molecule has 2 aromatic carbocycles. The number of likely N-dealkylation sites (tertiary alicyclic amines) is 1. The number of carbonyl (C=O) groups excluding carboxylic acids is 3. The smallest absolute Gasteiger partial charge is 0.412 e. The minimum atomic E-state index is -0.584. The molecule has 3 rings (SSSR count). The van der Waals surface area contributed by atoms with Crippen LogP contribution in [0.2, 0.25) is 0 Å². The van der Waals surface area contributed by atoms with Gasteiger partial charge in [-0.3, -0.25) is 14.9 Å². The molecular formula is C25H31N3O4. The summed E-state index contributed by atoms with van der Waals surface area (Å²) in [6.07, 6.45) is 2.73. The van der Waals surface area contributed by atoms with Crippen LogP contribution in [-0.2, 0) is 11.3 Å². The second-order valence-electron chi connectivity index (χ2n) is 8.94. The van der Waals surface area contributed by atoms with Crippen LogP contribution in [0.5, 0.6) is 0 Å². The van der Waals surface area contributed by atoms with Crippen LogP contribution < -0.4 is 10.6 Å². The molecule has 2 aromatic rings. The summed E-state index contributed by atoms with van der Waals surface area (Å²) in [5, 5.41) is 5.51. The highest BCUT2D eigenvalue weighted by atomic mass is 16.6. The summed E-state index contributed by atoms with van der Waals surface area (Å²) >= 11 is 0. The molecule has 32 heavy (non-hydrogen) atoms. The highest BCUT2D eigenvalue weighted by Gasteiger charge is 2.19. The summed E-state index contributed by atoms with van der Waals surface area (Å²) in [5.74, 6) is -0.187. The molecule has 1 heterocycles. The second-order valence-corrected chi connectivity index (χ2v) is 8.94. The lowest BCUT2D eigenvalue weighted by atomic mass is 10.1. The zero-order valence-electron chi connectivity index (χ0n) is 18.9. The summed E-state index contributed by atoms with van der Waals surface area (Å²) < 4.78 is 5.22. The number of piperidine rings is 1. The Hall–Kier alpha value is -3.35. The number of anilines is 1. The Bertz CT molecular complexity index is 958. The molecule has 0 bridgehead atoms. The first-order valence-electron chi connectivity index (χ1n) is 11.0. The molecule has 7 heteroatoms. The molecule has 0 saturated carbocycles. The number of amides is 3. The molecular weight excluding hydrogens is 406 g/mol. The average Bonchev–Trinajstić information content (AvgIpc) is 2.77. The van der Waals surface area contributed by atoms with E-state index >= 15 is 0 Å². The predicted octanol–water partition coefficient (Wildman–Crippen LogP) is 4.59. The van der Waals surface area contributed by atoms with Crippen LogP contribution in [0.3, 0.4) is 0 Å². The van der Waals surface area contributed by atoms with Crippen molar-refractivity contribution in [3.8, 4) is 0 Å². The van der Waals surface area contributed by atoms with E-state index in [1.165, 1.54) is 6.42 Å². The first-order chi connectivity index (χ1) is 15.2. The zero-order chi connectivity index (χ0) is 23.1. The Balaban J connectivity index is 1.54. The summed E-state index contributed by atoms with van der Waals surface area (Å²) in [7, 11) is 0. The lowest BCUT2D eigenvalue weighted by Crippen LogP contribution is -2.35. The molecule has 1 aliphatic heterocycles. The SMILES string of the molecule is CC(C)(C)OC(=O)Nc1ccc(C(=O)NCc2cccc(C(=O)N3CCCCC3)c2)cc1. The van der Waals surface area contributed by atoms with Gasteiger partial charge in [-0.15, -0.1) is 0 Å². The zero-order valence-corrected chi connectivity index (χ0v) is 18.9. The van der Waals surface area contributed by atoms with Crippen molar-refractivity contribution in [3.63, 3.8) is 0 Å². The van der Waals surface area contributed by atoms with Crippen LogP contribution in [-0.4, -0.2) is 41.5 Å². The number of rotatable bonds is 5. The third-order valence-corrected chi connectivity index (χ3v) is 5.06. The average molecular weight is 438 g/mol. The van der Waals surface area contributed by atoms with Crippen LogP contribution in [0, 0.1) is 0 Å². The summed E-state index contributed by atoms with van der Waals surface area (Å²) in [5.41, 5.74) is 1.94. The lowest BCUT2D eigenvalue weighted by molar-refractivity contribution is 0.0635. The molecule has 1 fully saturated rings. The maximum Gasteiger partial charge on any atom is 0.412 e. The maximum absolute atomic E-state index is 12.7. The van der Waals surface area contributed by atoms with E-state index in [0.29, 0.717) is 23.4 Å². The van der Waals surface area contributed by atoms with Gasteiger partial charge in [-0.25, -0.2) is 4.79 Å². The molecule has 0 aromatic heterocycles. The lowest BCUT2D eigenvalue weighted by Gasteiger charge is -2.26. The van der Waals surface area contributed by atoms with Crippen LogP contribution in [0.25, 0.3) is 0 Å². The van der Waals surface area contributed by atoms with Crippen molar-refractivity contribution in [1.29, 1.82) is 0 Å². The van der Waals surface area contributed by atoms with Gasteiger partial charge in [-0.2, -0.15) is 0 Å². The number of hydrogen-bond donors (Lipinski definition) is 2. The Morgan fingerprint density at radius 3 is 2.28 bits per heavy atom. The van der Waals surface area contributed by atoms with Crippen molar-refractivity contribution in [1.82, 2.24) is 10.2 Å². The van der Waals surface area contributed by atoms with Gasteiger partial charge in [0.05, 0.1) is 0 Å². The van der Waals surface area contributed by atoms with Crippen molar-refractivity contribution in [2.75, 3.05) is 18.4 Å². The topological polar surface area (TPSA) is 87.7 Å². The number of ether oxygens (including phenoxy) is 1. The quantitative estimate of drug-likeness (QED) is 0.716. The molecule has 1 aliphatic rings. The Morgan fingerprint density at radius 1 is 0.938 bits per heavy atom. The Labute approximate surface area is 189 Å². The monoisotopic (exact) mass is 437 g/mol. The second kappa shape index (κ2) is 10.3. The Kier molecular flexibility index (Phi) is 7.51. The third kappa shape index (κ3) is 6.83. The Morgan fingerprint density at radius 2 is 1.62 bits per heavy atom. The van der Waals surface area contributed by atoms with Crippen molar-refractivity contribution in [2.24, 2.45) is 0 Å². The summed E-state index contributed by atoms with van der Waals surface area (Å²) in [4.78, 5) is 38.9. The van der Waals surface area contributed by atoms with Gasteiger partial charge in [0.15, 0.2) is 0 Å². The fraction of sp³-hybridized carbons (Fsp3) is 0.400. The van der Waals surface area contributed by atoms with Crippen LogP contribution >= 0.6 is 0 Å². The highest BCUT2D eigenvalue weighted by Crippen LogP contribution is 2.15. The predicted molar refractivity (Wildman–Crippen MR) is 124 cm³/mol. The van der Waals surface area contributed by atoms with E-state index in [2.05, 4.69) is 10.6 Å². The molecule has 170 valence electrons. The van der Waals surface area contributed by atoms with Gasteiger partial charge < -0.3 is 15.0 Å². The molecule has 7 nitrogen and oxygen atoms in total. The number of benzene rings is 2. The van der Waals surface area contributed by atoms with Gasteiger partial charge in [0.1, 0.15) is 5.60 Å². The third-order valence-electron chi connectivity index (χ3n) is 5.06. The first-order valence-corrected chi connectivity index (χ1v) is 11.0. The molecule has 0 aliphatic carbocycles. The van der Waals surface area contributed by atoms with E-state index in [-0.39, 0.29) is 11.8 Å². The van der Waals surface area contributed by atoms with E-state index in [1.54, 1.807) is 45.0 Å². The van der Waals surface area contributed by atoms with Crippen molar-refractivity contribution in [3.05, 3.63) is 65.2 Å². The fourth-order valence-electron chi connectivity index (χ4n) is 3.50. The molecule has 2 N–H and O–H groups in total. The standard InChI is InChI=1S/C25H31N3O4/c1-25(2,3)32-24(31)27-21-12-10-19(11-13-21)22(29)26-17-18-8-7-9-20(16-18)23(30)28-14-5-4-6-15-28/h7-13,16H,4-6,14-15,17H2,1-3H3,(H,26,29)(H,27,31). The summed E-state index contributed by atoms with van der Waals surface area (Å²) in [6.45, 7) is 7.30. The molecule has 3 amide bonds. The van der Waals surface area contributed by atoms with Gasteiger partial charge in [0.25, 0.3) is 11.8 Å². The van der Waals surface area contributed by atoms with Crippen molar-refractivity contribution in [2.45, 2.75) is 52.2 Å². The van der Waals surface area contributed by atoms with Gasteiger partial charge in [-0.05, 0) is 82.0 Å². The van der Waals surface area contributed by atoms with E-state index in [9.17, 15) is 14.4 Å². The minimum Gasteiger partial charge on any atom is -0.444 e. The van der Waals surface area contributed by atoms with Crippen LogP contribution in [0.4, 0.5) is 10.5 Å². The number of nitrogens with one attached hydrogen (secondary N) is 2. The number of carbonyl (C=O) groups is 3. The molecule has 0 atom stereocenters. The number of hydrogen-bond acceptors (Lipinski definition) is 4. The van der Waals surface area contributed by atoms with Gasteiger partial charge in [0.2, 0.25) is 0 Å². The van der Waals surface area contributed by atoms with E-state index < -0.39 is 11.7 Å². The summed E-state index contributed by atoms with van der Waals surface area (Å²) in [6, 6.07) is 14.0. The molecule has 0 radical (unpaired) electrons. The van der Waals surface area contributed by atoms with E-state index in [0.717, 1.165) is 31.5 Å². The fourth-order valence-corrected chi connectivity index (χ4v) is 3.50.